The maximum Gasteiger partial charge on any atom is 0.210 e. The molecular weight excluding hydrogens is 258 g/mol. The fraction of sp³-hybridized carbons (Fsp3) is 0.632. The maximum atomic E-state index is 11.7. The third-order valence-corrected chi connectivity index (χ3v) is 6.84. The minimum absolute atomic E-state index is 0.361. The number of benzene rings is 1. The van der Waals surface area contributed by atoms with Gasteiger partial charge in [0.25, 0.3) is 0 Å². The van der Waals surface area contributed by atoms with Crippen molar-refractivity contribution in [3.05, 3.63) is 35.4 Å². The second kappa shape index (κ2) is 4.12. The quantitative estimate of drug-likeness (QED) is 0.752. The maximum absolute atomic E-state index is 11.7. The van der Waals surface area contributed by atoms with E-state index in [4.69, 9.17) is 0 Å². The minimum atomic E-state index is 0.361. The number of hydrogen-bond donors (Lipinski definition) is 0. The van der Waals surface area contributed by atoms with Crippen molar-refractivity contribution in [1.29, 1.82) is 0 Å². The van der Waals surface area contributed by atoms with Crippen molar-refractivity contribution >= 4 is 6.41 Å². The summed E-state index contributed by atoms with van der Waals surface area (Å²) >= 11 is 0. The Labute approximate surface area is 126 Å². The molecule has 4 fully saturated rings. The van der Waals surface area contributed by atoms with Crippen molar-refractivity contribution in [1.82, 2.24) is 4.90 Å². The zero-order chi connectivity index (χ0) is 14.0. The highest BCUT2D eigenvalue weighted by Gasteiger charge is 2.57. The average molecular weight is 281 g/mol. The molecule has 1 atom stereocenters. The fourth-order valence-electron chi connectivity index (χ4n) is 6.70. The molecule has 1 aromatic rings. The molecule has 0 saturated heterocycles. The first-order valence-electron chi connectivity index (χ1n) is 8.56. The lowest BCUT2D eigenvalue weighted by molar-refractivity contribution is -0.133. The molecule has 4 aliphatic carbocycles. The molecule has 0 spiro atoms. The van der Waals surface area contributed by atoms with Gasteiger partial charge in [0, 0.05) is 6.54 Å². The largest absolute Gasteiger partial charge is 0.333 e. The van der Waals surface area contributed by atoms with Crippen molar-refractivity contribution in [3.8, 4) is 0 Å². The van der Waals surface area contributed by atoms with Crippen LogP contribution < -0.4 is 0 Å². The first-order chi connectivity index (χ1) is 10.3. The minimum Gasteiger partial charge on any atom is -0.333 e. The molecule has 5 aliphatic rings. The van der Waals surface area contributed by atoms with Gasteiger partial charge in [-0.3, -0.25) is 4.79 Å². The van der Waals surface area contributed by atoms with E-state index in [2.05, 4.69) is 29.2 Å². The summed E-state index contributed by atoms with van der Waals surface area (Å²) < 4.78 is 0. The Balaban J connectivity index is 1.61. The smallest absolute Gasteiger partial charge is 0.210 e. The molecule has 110 valence electrons. The van der Waals surface area contributed by atoms with Gasteiger partial charge in [0.15, 0.2) is 0 Å². The van der Waals surface area contributed by atoms with Crippen molar-refractivity contribution in [2.45, 2.75) is 51.1 Å². The van der Waals surface area contributed by atoms with Gasteiger partial charge in [0.1, 0.15) is 0 Å². The second-order valence-corrected chi connectivity index (χ2v) is 8.16. The SMILES string of the molecule is O=CN1Cc2ccccc2C1C12CC3CC(CC(C3)C1)C2. The van der Waals surface area contributed by atoms with Crippen molar-refractivity contribution < 1.29 is 4.79 Å². The van der Waals surface area contributed by atoms with Gasteiger partial charge in [0.05, 0.1) is 6.04 Å². The summed E-state index contributed by atoms with van der Waals surface area (Å²) in [6.07, 6.45) is 9.61. The number of hydrogen-bond acceptors (Lipinski definition) is 1. The Morgan fingerprint density at radius 1 is 1.00 bits per heavy atom. The van der Waals surface area contributed by atoms with Crippen LogP contribution in [0.3, 0.4) is 0 Å². The van der Waals surface area contributed by atoms with Crippen LogP contribution in [0.5, 0.6) is 0 Å². The van der Waals surface area contributed by atoms with Crippen LogP contribution in [0.1, 0.15) is 55.7 Å². The molecule has 0 radical (unpaired) electrons. The Kier molecular flexibility index (Phi) is 2.40. The lowest BCUT2D eigenvalue weighted by Crippen LogP contribution is -2.51. The highest BCUT2D eigenvalue weighted by atomic mass is 16.1. The predicted molar refractivity (Wildman–Crippen MR) is 81.4 cm³/mol. The molecule has 0 N–H and O–H groups in total. The average Bonchev–Trinajstić information content (AvgIpc) is 2.85. The summed E-state index contributed by atoms with van der Waals surface area (Å²) in [7, 11) is 0. The molecule has 0 aromatic heterocycles. The van der Waals surface area contributed by atoms with E-state index in [0.29, 0.717) is 11.5 Å². The molecule has 6 rings (SSSR count). The van der Waals surface area contributed by atoms with Crippen molar-refractivity contribution in [2.24, 2.45) is 23.2 Å². The topological polar surface area (TPSA) is 20.3 Å². The molecule has 1 aliphatic heterocycles. The summed E-state index contributed by atoms with van der Waals surface area (Å²) in [5.41, 5.74) is 3.22. The monoisotopic (exact) mass is 281 g/mol. The summed E-state index contributed by atoms with van der Waals surface area (Å²) in [4.78, 5) is 13.8. The molecule has 2 nitrogen and oxygen atoms in total. The van der Waals surface area contributed by atoms with Crippen LogP contribution in [0, 0.1) is 23.2 Å². The molecule has 1 amide bonds. The number of nitrogens with zero attached hydrogens (tertiary/aromatic N) is 1. The van der Waals surface area contributed by atoms with Gasteiger partial charge >= 0.3 is 0 Å². The third-order valence-electron chi connectivity index (χ3n) is 6.84. The molecule has 4 bridgehead atoms. The van der Waals surface area contributed by atoms with E-state index in [9.17, 15) is 4.79 Å². The normalized spacial score (nSPS) is 43.1. The predicted octanol–water partition coefficient (Wildman–Crippen LogP) is 3.92. The van der Waals surface area contributed by atoms with Gasteiger partial charge in [0.2, 0.25) is 6.41 Å². The fourth-order valence-corrected chi connectivity index (χ4v) is 6.70. The molecule has 1 aromatic carbocycles. The van der Waals surface area contributed by atoms with Gasteiger partial charge < -0.3 is 4.90 Å². The summed E-state index contributed by atoms with van der Waals surface area (Å²) in [5.74, 6) is 2.83. The van der Waals surface area contributed by atoms with Gasteiger partial charge in [-0.2, -0.15) is 0 Å². The Morgan fingerprint density at radius 3 is 2.24 bits per heavy atom. The highest BCUT2D eigenvalue weighted by Crippen LogP contribution is 2.66. The first-order valence-corrected chi connectivity index (χ1v) is 8.56. The van der Waals surface area contributed by atoms with Crippen LogP contribution in [0.4, 0.5) is 0 Å². The third kappa shape index (κ3) is 1.62. The molecular formula is C19H23NO. The van der Waals surface area contributed by atoms with Crippen LogP contribution >= 0.6 is 0 Å². The Morgan fingerprint density at radius 2 is 1.62 bits per heavy atom. The Bertz CT molecular complexity index is 558. The van der Waals surface area contributed by atoms with E-state index in [1.165, 1.54) is 49.7 Å². The number of fused-ring (bicyclic) bond motifs is 1. The van der Waals surface area contributed by atoms with Gasteiger partial charge in [-0.15, -0.1) is 0 Å². The van der Waals surface area contributed by atoms with Crippen LogP contribution in [0.25, 0.3) is 0 Å². The van der Waals surface area contributed by atoms with E-state index >= 15 is 0 Å². The number of amides is 1. The molecule has 2 heteroatoms. The molecule has 21 heavy (non-hydrogen) atoms. The van der Waals surface area contributed by atoms with E-state index in [1.54, 1.807) is 0 Å². The standard InChI is InChI=1S/C19H23NO/c21-12-20-11-16-3-1-2-4-17(16)18(20)19-8-13-5-14(9-19)7-15(6-13)10-19/h1-4,12-15,18H,5-11H2. The highest BCUT2D eigenvalue weighted by molar-refractivity contribution is 5.54. The summed E-state index contributed by atoms with van der Waals surface area (Å²) in [6.45, 7) is 0.825. The van der Waals surface area contributed by atoms with Crippen LogP contribution in [-0.4, -0.2) is 11.3 Å². The lowest BCUT2D eigenvalue weighted by Gasteiger charge is -2.60. The summed E-state index contributed by atoms with van der Waals surface area (Å²) in [5, 5.41) is 0. The van der Waals surface area contributed by atoms with E-state index < -0.39 is 0 Å². The van der Waals surface area contributed by atoms with E-state index in [0.717, 1.165) is 30.7 Å². The number of rotatable bonds is 2. The Hall–Kier alpha value is -1.31. The zero-order valence-corrected chi connectivity index (χ0v) is 12.5. The van der Waals surface area contributed by atoms with Crippen LogP contribution in [0.15, 0.2) is 24.3 Å². The van der Waals surface area contributed by atoms with Crippen LogP contribution in [0.2, 0.25) is 0 Å². The van der Waals surface area contributed by atoms with Crippen LogP contribution in [-0.2, 0) is 11.3 Å². The van der Waals surface area contributed by atoms with Crippen molar-refractivity contribution in [2.75, 3.05) is 0 Å². The molecule has 1 unspecified atom stereocenters. The number of carbonyl (C=O) groups excluding carboxylic acids is 1. The lowest BCUT2D eigenvalue weighted by atomic mass is 9.47. The van der Waals surface area contributed by atoms with Gasteiger partial charge in [-0.25, -0.2) is 0 Å². The molecule has 1 heterocycles. The van der Waals surface area contributed by atoms with E-state index in [1.807, 2.05) is 0 Å². The van der Waals surface area contributed by atoms with Crippen molar-refractivity contribution in [3.63, 3.8) is 0 Å². The zero-order valence-electron chi connectivity index (χ0n) is 12.5. The van der Waals surface area contributed by atoms with E-state index in [-0.39, 0.29) is 0 Å². The second-order valence-electron chi connectivity index (χ2n) is 8.16. The first kappa shape index (κ1) is 12.3. The van der Waals surface area contributed by atoms with Gasteiger partial charge in [-0.05, 0) is 72.8 Å². The number of carbonyl (C=O) groups is 1. The summed E-state index contributed by atoms with van der Waals surface area (Å²) in [6, 6.07) is 9.12. The molecule has 4 saturated carbocycles. The van der Waals surface area contributed by atoms with Gasteiger partial charge in [-0.1, -0.05) is 24.3 Å².